The highest BCUT2D eigenvalue weighted by Gasteiger charge is 2.27. The summed E-state index contributed by atoms with van der Waals surface area (Å²) in [5.41, 5.74) is -0.494. The molecule has 1 aliphatic heterocycles. The molecule has 1 atom stereocenters. The van der Waals surface area contributed by atoms with Crippen molar-refractivity contribution < 1.29 is 23.8 Å². The van der Waals surface area contributed by atoms with Gasteiger partial charge >= 0.3 is 12.1 Å². The van der Waals surface area contributed by atoms with Crippen LogP contribution in [0.1, 0.15) is 33.6 Å². The molecule has 0 radical (unpaired) electrons. The van der Waals surface area contributed by atoms with Crippen molar-refractivity contribution in [2.24, 2.45) is 5.92 Å². The lowest BCUT2D eigenvalue weighted by Gasteiger charge is -2.33. The van der Waals surface area contributed by atoms with Gasteiger partial charge in [0.1, 0.15) is 12.2 Å². The molecule has 0 N–H and O–H groups in total. The SMILES string of the molecule is CC(C)(C)OC(=O)N1CCCC(COCC(=O)OCCl)C1. The summed E-state index contributed by atoms with van der Waals surface area (Å²) in [5.74, 6) is -0.278. The van der Waals surface area contributed by atoms with E-state index in [9.17, 15) is 9.59 Å². The maximum atomic E-state index is 12.0. The normalized spacial score (nSPS) is 19.2. The van der Waals surface area contributed by atoms with Crippen LogP contribution >= 0.6 is 11.6 Å². The number of hydrogen-bond donors (Lipinski definition) is 0. The van der Waals surface area contributed by atoms with Gasteiger partial charge in [0.25, 0.3) is 0 Å². The van der Waals surface area contributed by atoms with E-state index in [0.29, 0.717) is 19.7 Å². The minimum absolute atomic E-state index is 0.115. The van der Waals surface area contributed by atoms with Crippen molar-refractivity contribution in [3.63, 3.8) is 0 Å². The van der Waals surface area contributed by atoms with E-state index in [1.807, 2.05) is 20.8 Å². The smallest absolute Gasteiger partial charge is 0.410 e. The number of esters is 1. The summed E-state index contributed by atoms with van der Waals surface area (Å²) in [5, 5.41) is 0. The molecule has 1 saturated heterocycles. The van der Waals surface area contributed by atoms with E-state index in [1.54, 1.807) is 4.90 Å². The number of ether oxygens (including phenoxy) is 3. The molecule has 1 unspecified atom stereocenters. The lowest BCUT2D eigenvalue weighted by molar-refractivity contribution is -0.147. The number of amides is 1. The Kier molecular flexibility index (Phi) is 7.25. The van der Waals surface area contributed by atoms with Gasteiger partial charge < -0.3 is 19.1 Å². The number of rotatable bonds is 5. The Labute approximate surface area is 130 Å². The Morgan fingerprint density at radius 2 is 2.05 bits per heavy atom. The van der Waals surface area contributed by atoms with Gasteiger partial charge in [-0.25, -0.2) is 9.59 Å². The highest BCUT2D eigenvalue weighted by Crippen LogP contribution is 2.19. The monoisotopic (exact) mass is 321 g/mol. The van der Waals surface area contributed by atoms with Gasteiger partial charge in [0.2, 0.25) is 0 Å². The number of nitrogens with zero attached hydrogens (tertiary/aromatic N) is 1. The van der Waals surface area contributed by atoms with Gasteiger partial charge in [-0.2, -0.15) is 0 Å². The molecule has 0 aliphatic carbocycles. The number of carbonyl (C=O) groups excluding carboxylic acids is 2. The number of likely N-dealkylation sites (tertiary alicyclic amines) is 1. The minimum Gasteiger partial charge on any atom is -0.448 e. The average molecular weight is 322 g/mol. The molecule has 1 fully saturated rings. The highest BCUT2D eigenvalue weighted by atomic mass is 35.5. The van der Waals surface area contributed by atoms with E-state index >= 15 is 0 Å². The van der Waals surface area contributed by atoms with Gasteiger partial charge in [-0.1, -0.05) is 11.6 Å². The summed E-state index contributed by atoms with van der Waals surface area (Å²) < 4.78 is 15.2. The number of hydrogen-bond acceptors (Lipinski definition) is 5. The maximum Gasteiger partial charge on any atom is 0.410 e. The third kappa shape index (κ3) is 7.52. The Morgan fingerprint density at radius 1 is 1.33 bits per heavy atom. The van der Waals surface area contributed by atoms with E-state index in [0.717, 1.165) is 12.8 Å². The lowest BCUT2D eigenvalue weighted by Crippen LogP contribution is -2.43. The van der Waals surface area contributed by atoms with Crippen LogP contribution in [-0.2, 0) is 19.0 Å². The predicted octanol–water partition coefficient (Wildman–Crippen LogP) is 2.39. The first kappa shape index (κ1) is 18.0. The van der Waals surface area contributed by atoms with Crippen LogP contribution in [0.3, 0.4) is 0 Å². The fraction of sp³-hybridized carbons (Fsp3) is 0.857. The number of halogens is 1. The topological polar surface area (TPSA) is 65.1 Å². The second kappa shape index (κ2) is 8.44. The molecule has 0 aromatic heterocycles. The zero-order valence-corrected chi connectivity index (χ0v) is 13.6. The molecule has 0 saturated carbocycles. The van der Waals surface area contributed by atoms with Crippen LogP contribution in [0, 0.1) is 5.92 Å². The number of piperidine rings is 1. The maximum absolute atomic E-state index is 12.0. The molecule has 6 nitrogen and oxygen atoms in total. The molecule has 0 bridgehead atoms. The summed E-state index contributed by atoms with van der Waals surface area (Å²) in [6.45, 7) is 7.11. The Hall–Kier alpha value is -1.01. The minimum atomic E-state index is -0.494. The van der Waals surface area contributed by atoms with Crippen LogP contribution in [0.15, 0.2) is 0 Å². The van der Waals surface area contributed by atoms with Crippen LogP contribution in [-0.4, -0.2) is 54.9 Å². The zero-order chi connectivity index (χ0) is 15.9. The van der Waals surface area contributed by atoms with Gasteiger partial charge in [-0.05, 0) is 33.6 Å². The van der Waals surface area contributed by atoms with Crippen molar-refractivity contribution >= 4 is 23.7 Å². The number of alkyl halides is 1. The van der Waals surface area contributed by atoms with E-state index in [1.165, 1.54) is 0 Å². The Morgan fingerprint density at radius 3 is 2.67 bits per heavy atom. The molecular weight excluding hydrogens is 298 g/mol. The molecule has 0 aromatic rings. The first-order chi connectivity index (χ1) is 9.81. The van der Waals surface area contributed by atoms with E-state index < -0.39 is 11.6 Å². The van der Waals surface area contributed by atoms with Gasteiger partial charge in [0.15, 0.2) is 6.07 Å². The fourth-order valence-electron chi connectivity index (χ4n) is 2.10. The molecule has 0 aromatic carbocycles. The Balaban J connectivity index is 2.32. The predicted molar refractivity (Wildman–Crippen MR) is 78.2 cm³/mol. The van der Waals surface area contributed by atoms with Crippen molar-refractivity contribution in [2.75, 3.05) is 32.4 Å². The van der Waals surface area contributed by atoms with Crippen LogP contribution in [0.4, 0.5) is 4.79 Å². The molecular formula is C14H24ClNO5. The summed E-state index contributed by atoms with van der Waals surface area (Å²) in [4.78, 5) is 24.8. The van der Waals surface area contributed by atoms with E-state index in [4.69, 9.17) is 21.1 Å². The lowest BCUT2D eigenvalue weighted by atomic mass is 9.99. The second-order valence-corrected chi connectivity index (χ2v) is 6.29. The van der Waals surface area contributed by atoms with Crippen molar-refractivity contribution in [1.82, 2.24) is 4.90 Å². The molecule has 1 aliphatic rings. The van der Waals surface area contributed by atoms with Crippen molar-refractivity contribution in [2.45, 2.75) is 39.2 Å². The summed E-state index contributed by atoms with van der Waals surface area (Å²) in [6.07, 6.45) is 1.57. The molecule has 122 valence electrons. The third-order valence-corrected chi connectivity index (χ3v) is 3.07. The molecule has 21 heavy (non-hydrogen) atoms. The molecule has 0 spiro atoms. The Bertz CT molecular complexity index is 356. The third-order valence-electron chi connectivity index (χ3n) is 2.96. The molecule has 1 rings (SSSR count). The van der Waals surface area contributed by atoms with E-state index in [2.05, 4.69) is 4.74 Å². The summed E-state index contributed by atoms with van der Waals surface area (Å²) in [7, 11) is 0. The van der Waals surface area contributed by atoms with E-state index in [-0.39, 0.29) is 24.7 Å². The van der Waals surface area contributed by atoms with Crippen molar-refractivity contribution in [3.05, 3.63) is 0 Å². The summed E-state index contributed by atoms with van der Waals surface area (Å²) in [6, 6.07) is -0.169. The van der Waals surface area contributed by atoms with Crippen LogP contribution in [0.5, 0.6) is 0 Å². The second-order valence-electron chi connectivity index (χ2n) is 6.08. The van der Waals surface area contributed by atoms with Gasteiger partial charge in [0, 0.05) is 19.0 Å². The standard InChI is InChI=1S/C14H24ClNO5/c1-14(2,3)21-13(18)16-6-4-5-11(7-16)8-19-9-12(17)20-10-15/h11H,4-10H2,1-3H3. The average Bonchev–Trinajstić information content (AvgIpc) is 2.37. The first-order valence-electron chi connectivity index (χ1n) is 7.09. The number of carbonyl (C=O) groups is 2. The molecule has 1 amide bonds. The first-order valence-corrected chi connectivity index (χ1v) is 7.62. The van der Waals surface area contributed by atoms with Crippen LogP contribution < -0.4 is 0 Å². The zero-order valence-electron chi connectivity index (χ0n) is 12.9. The highest BCUT2D eigenvalue weighted by molar-refractivity contribution is 6.17. The molecule has 7 heteroatoms. The van der Waals surface area contributed by atoms with Crippen molar-refractivity contribution in [1.29, 1.82) is 0 Å². The van der Waals surface area contributed by atoms with Gasteiger partial charge in [-0.3, -0.25) is 0 Å². The summed E-state index contributed by atoms with van der Waals surface area (Å²) >= 11 is 5.27. The van der Waals surface area contributed by atoms with Gasteiger partial charge in [0.05, 0.1) is 6.61 Å². The van der Waals surface area contributed by atoms with Crippen LogP contribution in [0.25, 0.3) is 0 Å². The quantitative estimate of drug-likeness (QED) is 0.574. The van der Waals surface area contributed by atoms with Gasteiger partial charge in [-0.15, -0.1) is 0 Å². The largest absolute Gasteiger partial charge is 0.448 e. The van der Waals surface area contributed by atoms with Crippen LogP contribution in [0.2, 0.25) is 0 Å². The fourth-order valence-corrected chi connectivity index (χ4v) is 2.23. The molecule has 1 heterocycles. The van der Waals surface area contributed by atoms with Crippen molar-refractivity contribution in [3.8, 4) is 0 Å².